The number of phenols is 1. The number of phenolic OH excluding ortho intramolecular Hbond substituents is 1. The molecular formula is C14H23NOS. The summed E-state index contributed by atoms with van der Waals surface area (Å²) in [6, 6.07) is 8.07. The first-order chi connectivity index (χ1) is 8.26. The standard InChI is InChI=1S/C14H23NOS/c1-3-9-15-13(11-17-4-2)10-12-5-7-14(16)8-6-12/h5-8,13,15-16H,3-4,9-11H2,1-2H3. The van der Waals surface area contributed by atoms with E-state index >= 15 is 0 Å². The molecule has 96 valence electrons. The number of rotatable bonds is 8. The maximum atomic E-state index is 9.25. The first-order valence-corrected chi connectivity index (χ1v) is 7.50. The molecule has 0 aliphatic rings. The molecule has 0 aromatic heterocycles. The van der Waals surface area contributed by atoms with E-state index in [2.05, 4.69) is 19.2 Å². The molecule has 1 unspecified atom stereocenters. The van der Waals surface area contributed by atoms with Gasteiger partial charge in [-0.1, -0.05) is 26.0 Å². The highest BCUT2D eigenvalue weighted by molar-refractivity contribution is 7.99. The van der Waals surface area contributed by atoms with Gasteiger partial charge in [-0.25, -0.2) is 0 Å². The van der Waals surface area contributed by atoms with Crippen LogP contribution in [0.5, 0.6) is 5.75 Å². The second kappa shape index (κ2) is 8.43. The van der Waals surface area contributed by atoms with Crippen LogP contribution < -0.4 is 5.32 Å². The topological polar surface area (TPSA) is 32.3 Å². The van der Waals surface area contributed by atoms with Gasteiger partial charge in [0.1, 0.15) is 5.75 Å². The molecule has 1 aromatic rings. The van der Waals surface area contributed by atoms with Crippen LogP contribution in [0.1, 0.15) is 25.8 Å². The summed E-state index contributed by atoms with van der Waals surface area (Å²) in [7, 11) is 0. The fourth-order valence-corrected chi connectivity index (χ4v) is 2.47. The van der Waals surface area contributed by atoms with E-state index in [0.29, 0.717) is 11.8 Å². The Bertz CT molecular complexity index is 292. The first kappa shape index (κ1) is 14.4. The Balaban J connectivity index is 2.48. The van der Waals surface area contributed by atoms with Gasteiger partial charge in [-0.05, 0) is 42.8 Å². The summed E-state index contributed by atoms with van der Waals surface area (Å²) in [5, 5.41) is 12.8. The van der Waals surface area contributed by atoms with Crippen molar-refractivity contribution < 1.29 is 5.11 Å². The number of hydrogen-bond acceptors (Lipinski definition) is 3. The Hall–Kier alpha value is -0.670. The monoisotopic (exact) mass is 253 g/mol. The Morgan fingerprint density at radius 2 is 1.94 bits per heavy atom. The lowest BCUT2D eigenvalue weighted by Crippen LogP contribution is -2.34. The molecule has 1 atom stereocenters. The molecule has 0 radical (unpaired) electrons. The fourth-order valence-electron chi connectivity index (χ4n) is 1.72. The summed E-state index contributed by atoms with van der Waals surface area (Å²) in [6.45, 7) is 5.46. The molecule has 0 aliphatic heterocycles. The van der Waals surface area contributed by atoms with Gasteiger partial charge in [0.25, 0.3) is 0 Å². The first-order valence-electron chi connectivity index (χ1n) is 6.35. The van der Waals surface area contributed by atoms with E-state index in [1.807, 2.05) is 23.9 Å². The van der Waals surface area contributed by atoms with Crippen molar-refractivity contribution in [1.82, 2.24) is 5.32 Å². The van der Waals surface area contributed by atoms with Crippen molar-refractivity contribution in [2.45, 2.75) is 32.7 Å². The molecule has 0 saturated carbocycles. The molecule has 0 amide bonds. The van der Waals surface area contributed by atoms with Crippen molar-refractivity contribution in [3.63, 3.8) is 0 Å². The molecule has 17 heavy (non-hydrogen) atoms. The molecule has 0 saturated heterocycles. The summed E-state index contributed by atoms with van der Waals surface area (Å²) < 4.78 is 0. The van der Waals surface area contributed by atoms with Gasteiger partial charge in [0.05, 0.1) is 0 Å². The van der Waals surface area contributed by atoms with Gasteiger partial charge < -0.3 is 10.4 Å². The van der Waals surface area contributed by atoms with E-state index in [0.717, 1.165) is 18.7 Å². The third-order valence-electron chi connectivity index (χ3n) is 2.62. The molecule has 2 nitrogen and oxygen atoms in total. The number of thioether (sulfide) groups is 1. The molecule has 3 heteroatoms. The van der Waals surface area contributed by atoms with Crippen molar-refractivity contribution in [3.05, 3.63) is 29.8 Å². The lowest BCUT2D eigenvalue weighted by Gasteiger charge is -2.18. The highest BCUT2D eigenvalue weighted by Gasteiger charge is 2.08. The fraction of sp³-hybridized carbons (Fsp3) is 0.571. The highest BCUT2D eigenvalue weighted by Crippen LogP contribution is 2.13. The number of benzene rings is 1. The van der Waals surface area contributed by atoms with Crippen LogP contribution in [0.3, 0.4) is 0 Å². The molecule has 2 N–H and O–H groups in total. The van der Waals surface area contributed by atoms with Gasteiger partial charge in [0, 0.05) is 11.8 Å². The predicted octanol–water partition coefficient (Wildman–Crippen LogP) is 3.06. The van der Waals surface area contributed by atoms with Crippen LogP contribution in [-0.2, 0) is 6.42 Å². The van der Waals surface area contributed by atoms with Gasteiger partial charge in [-0.15, -0.1) is 0 Å². The van der Waals surface area contributed by atoms with Gasteiger partial charge in [-0.2, -0.15) is 11.8 Å². The second-order valence-electron chi connectivity index (χ2n) is 4.18. The third-order valence-corrected chi connectivity index (χ3v) is 3.67. The van der Waals surface area contributed by atoms with Gasteiger partial charge in [-0.3, -0.25) is 0 Å². The van der Waals surface area contributed by atoms with Crippen LogP contribution in [0.15, 0.2) is 24.3 Å². The van der Waals surface area contributed by atoms with Crippen molar-refractivity contribution in [3.8, 4) is 5.75 Å². The quantitative estimate of drug-likeness (QED) is 0.747. The average Bonchev–Trinajstić information content (AvgIpc) is 2.35. The third kappa shape index (κ3) is 5.99. The largest absolute Gasteiger partial charge is 0.508 e. The molecule has 0 bridgehead atoms. The Kier molecular flexibility index (Phi) is 7.13. The lowest BCUT2D eigenvalue weighted by molar-refractivity contribution is 0.474. The maximum absolute atomic E-state index is 9.25. The van der Waals surface area contributed by atoms with Crippen LogP contribution in [-0.4, -0.2) is 29.2 Å². The van der Waals surface area contributed by atoms with E-state index in [4.69, 9.17) is 0 Å². The van der Waals surface area contributed by atoms with E-state index in [1.54, 1.807) is 12.1 Å². The summed E-state index contributed by atoms with van der Waals surface area (Å²) in [4.78, 5) is 0. The van der Waals surface area contributed by atoms with Crippen molar-refractivity contribution in [2.24, 2.45) is 0 Å². The highest BCUT2D eigenvalue weighted by atomic mass is 32.2. The lowest BCUT2D eigenvalue weighted by atomic mass is 10.1. The van der Waals surface area contributed by atoms with Crippen LogP contribution in [0.2, 0.25) is 0 Å². The summed E-state index contributed by atoms with van der Waals surface area (Å²) in [5.41, 5.74) is 1.29. The van der Waals surface area contributed by atoms with Gasteiger partial charge in [0.2, 0.25) is 0 Å². The van der Waals surface area contributed by atoms with Gasteiger partial charge >= 0.3 is 0 Å². The normalized spacial score (nSPS) is 12.6. The number of aromatic hydroxyl groups is 1. The van der Waals surface area contributed by atoms with Crippen molar-refractivity contribution >= 4 is 11.8 Å². The minimum atomic E-state index is 0.342. The molecular weight excluding hydrogens is 230 g/mol. The summed E-state index contributed by atoms with van der Waals surface area (Å²) in [5.74, 6) is 2.66. The maximum Gasteiger partial charge on any atom is 0.115 e. The minimum absolute atomic E-state index is 0.342. The van der Waals surface area contributed by atoms with E-state index in [-0.39, 0.29) is 0 Å². The number of hydrogen-bond donors (Lipinski definition) is 2. The molecule has 0 heterocycles. The Morgan fingerprint density at radius 1 is 1.24 bits per heavy atom. The van der Waals surface area contributed by atoms with Crippen LogP contribution in [0.25, 0.3) is 0 Å². The molecule has 0 aliphatic carbocycles. The van der Waals surface area contributed by atoms with E-state index in [1.165, 1.54) is 17.7 Å². The van der Waals surface area contributed by atoms with Crippen molar-refractivity contribution in [1.29, 1.82) is 0 Å². The molecule has 1 aromatic carbocycles. The van der Waals surface area contributed by atoms with Crippen LogP contribution >= 0.6 is 11.8 Å². The van der Waals surface area contributed by atoms with Crippen LogP contribution in [0.4, 0.5) is 0 Å². The Labute approximate surface area is 109 Å². The zero-order valence-corrected chi connectivity index (χ0v) is 11.6. The van der Waals surface area contributed by atoms with Crippen molar-refractivity contribution in [2.75, 3.05) is 18.1 Å². The molecule has 1 rings (SSSR count). The second-order valence-corrected chi connectivity index (χ2v) is 5.50. The van der Waals surface area contributed by atoms with Crippen LogP contribution in [0, 0.1) is 0 Å². The summed E-state index contributed by atoms with van der Waals surface area (Å²) in [6.07, 6.45) is 2.20. The SMILES string of the molecule is CCCNC(CSCC)Cc1ccc(O)cc1. The molecule has 0 fully saturated rings. The summed E-state index contributed by atoms with van der Waals surface area (Å²) >= 11 is 1.98. The van der Waals surface area contributed by atoms with E-state index < -0.39 is 0 Å². The minimum Gasteiger partial charge on any atom is -0.508 e. The zero-order chi connectivity index (χ0) is 12.5. The zero-order valence-electron chi connectivity index (χ0n) is 10.8. The Morgan fingerprint density at radius 3 is 2.53 bits per heavy atom. The predicted molar refractivity (Wildman–Crippen MR) is 76.9 cm³/mol. The average molecular weight is 253 g/mol. The van der Waals surface area contributed by atoms with E-state index in [9.17, 15) is 5.11 Å². The number of nitrogens with one attached hydrogen (secondary N) is 1. The molecule has 0 spiro atoms. The smallest absolute Gasteiger partial charge is 0.115 e. The van der Waals surface area contributed by atoms with Gasteiger partial charge in [0.15, 0.2) is 0 Å².